The molecule has 7 unspecified atom stereocenters. The van der Waals surface area contributed by atoms with E-state index in [1.54, 1.807) is 6.08 Å². The van der Waals surface area contributed by atoms with E-state index in [9.17, 15) is 35.1 Å². The lowest BCUT2D eigenvalue weighted by Gasteiger charge is -2.40. The molecule has 1 aliphatic heterocycles. The Morgan fingerprint density at radius 2 is 0.945 bits per heavy atom. The maximum Gasteiger partial charge on any atom is 0.305 e. The smallest absolute Gasteiger partial charge is 0.305 e. The summed E-state index contributed by atoms with van der Waals surface area (Å²) in [5.41, 5.74) is 0. The van der Waals surface area contributed by atoms with Crippen molar-refractivity contribution in [3.63, 3.8) is 0 Å². The highest BCUT2D eigenvalue weighted by molar-refractivity contribution is 5.76. The van der Waals surface area contributed by atoms with Crippen LogP contribution < -0.4 is 5.32 Å². The molecule has 1 amide bonds. The van der Waals surface area contributed by atoms with Crippen molar-refractivity contribution in [3.8, 4) is 0 Å². The maximum absolute atomic E-state index is 13.0. The van der Waals surface area contributed by atoms with Gasteiger partial charge in [-0.05, 0) is 57.8 Å². The van der Waals surface area contributed by atoms with Gasteiger partial charge in [0.1, 0.15) is 24.4 Å². The summed E-state index contributed by atoms with van der Waals surface area (Å²) in [6, 6.07) is -0.808. The third-order valence-electron chi connectivity index (χ3n) is 14.5. The third-order valence-corrected chi connectivity index (χ3v) is 14.5. The summed E-state index contributed by atoms with van der Waals surface area (Å²) in [5, 5.41) is 54.2. The van der Waals surface area contributed by atoms with Crippen LogP contribution in [-0.4, -0.2) is 100 Å². The van der Waals surface area contributed by atoms with E-state index in [-0.39, 0.29) is 18.5 Å². The largest absolute Gasteiger partial charge is 0.466 e. The average molecular weight is 1030 g/mol. The van der Waals surface area contributed by atoms with Crippen LogP contribution >= 0.6 is 0 Å². The maximum atomic E-state index is 13.0. The van der Waals surface area contributed by atoms with E-state index in [1.165, 1.54) is 186 Å². The SMILES string of the molecule is CCC/C=C\C/C=C\CCCCCCCC(=O)OCCCCCCCCCCCCCCCCCCCCCCCCCC(=O)NC(COC1OC(CO)C(O)C(O)C1O)C(O)/C=C/CCCCCCCCC. The van der Waals surface area contributed by atoms with Crippen LogP contribution in [0.2, 0.25) is 0 Å². The Bertz CT molecular complexity index is 1310. The van der Waals surface area contributed by atoms with Crippen molar-refractivity contribution in [2.24, 2.45) is 0 Å². The van der Waals surface area contributed by atoms with Gasteiger partial charge in [0.25, 0.3) is 0 Å². The molecule has 428 valence electrons. The minimum atomic E-state index is -1.57. The Morgan fingerprint density at radius 3 is 1.44 bits per heavy atom. The fourth-order valence-corrected chi connectivity index (χ4v) is 9.59. The number of amides is 1. The molecule has 11 nitrogen and oxygen atoms in total. The zero-order valence-corrected chi connectivity index (χ0v) is 47.1. The molecule has 0 aliphatic carbocycles. The lowest BCUT2D eigenvalue weighted by atomic mass is 9.99. The number of carbonyl (C=O) groups is 2. The van der Waals surface area contributed by atoms with Crippen LogP contribution in [-0.2, 0) is 23.8 Å². The molecule has 0 saturated carbocycles. The molecule has 0 aromatic carbocycles. The highest BCUT2D eigenvalue weighted by Gasteiger charge is 2.44. The van der Waals surface area contributed by atoms with Crippen molar-refractivity contribution in [2.45, 2.75) is 326 Å². The summed E-state index contributed by atoms with van der Waals surface area (Å²) in [7, 11) is 0. The van der Waals surface area contributed by atoms with Gasteiger partial charge in [0.15, 0.2) is 6.29 Å². The molecule has 1 aliphatic rings. The standard InChI is InChI=1S/C62H115NO10/c1-3-5-7-9-11-13-14-26-30-34-38-42-46-50-58(67)71-51-47-43-39-35-31-28-25-23-21-19-17-15-16-18-20-22-24-27-29-33-37-41-45-49-57(66)63-54(55(65)48-44-40-36-32-12-10-8-6-4-2)53-72-62-61(70)60(69)59(68)56(52-64)73-62/h7,9,13-14,44,48,54-56,59-62,64-65,68-70H,3-6,8,10-12,15-43,45-47,49-53H2,1-2H3,(H,63,66)/b9-7-,14-13-,48-44+. The number of aliphatic hydroxyl groups excluding tert-OH is 5. The summed E-state index contributed by atoms with van der Waals surface area (Å²) >= 11 is 0. The minimum absolute atomic E-state index is 0.0130. The number of ether oxygens (including phenoxy) is 3. The van der Waals surface area contributed by atoms with E-state index >= 15 is 0 Å². The van der Waals surface area contributed by atoms with Crippen LogP contribution in [0.25, 0.3) is 0 Å². The van der Waals surface area contributed by atoms with E-state index in [0.29, 0.717) is 19.4 Å². The van der Waals surface area contributed by atoms with Crippen LogP contribution in [0.15, 0.2) is 36.5 Å². The second kappa shape index (κ2) is 52.0. The van der Waals surface area contributed by atoms with Crippen LogP contribution in [0.4, 0.5) is 0 Å². The second-order valence-electron chi connectivity index (χ2n) is 21.4. The predicted molar refractivity (Wildman–Crippen MR) is 301 cm³/mol. The number of hydrogen-bond donors (Lipinski definition) is 6. The van der Waals surface area contributed by atoms with Crippen molar-refractivity contribution in [3.05, 3.63) is 36.5 Å². The molecule has 6 N–H and O–H groups in total. The number of carbonyl (C=O) groups excluding carboxylic acids is 2. The highest BCUT2D eigenvalue weighted by atomic mass is 16.7. The number of aliphatic hydroxyl groups is 5. The molecule has 0 bridgehead atoms. The van der Waals surface area contributed by atoms with Crippen LogP contribution in [0.3, 0.4) is 0 Å². The first-order valence-electron chi connectivity index (χ1n) is 30.8. The molecule has 0 radical (unpaired) electrons. The molecule has 73 heavy (non-hydrogen) atoms. The molecule has 1 heterocycles. The number of esters is 1. The Kier molecular flexibility index (Phi) is 49.0. The van der Waals surface area contributed by atoms with Gasteiger partial charge >= 0.3 is 5.97 Å². The Hall–Kier alpha value is -2.12. The first-order chi connectivity index (χ1) is 35.7. The highest BCUT2D eigenvalue weighted by Crippen LogP contribution is 2.23. The van der Waals surface area contributed by atoms with Gasteiger partial charge in [-0.1, -0.05) is 249 Å². The second-order valence-corrected chi connectivity index (χ2v) is 21.4. The topological polar surface area (TPSA) is 175 Å². The first-order valence-corrected chi connectivity index (χ1v) is 30.8. The first kappa shape index (κ1) is 68.9. The molecule has 1 fully saturated rings. The quantitative estimate of drug-likeness (QED) is 0.0195. The summed E-state index contributed by atoms with van der Waals surface area (Å²) in [4.78, 5) is 25.0. The fourth-order valence-electron chi connectivity index (χ4n) is 9.59. The van der Waals surface area contributed by atoms with Gasteiger partial charge in [0, 0.05) is 12.8 Å². The van der Waals surface area contributed by atoms with E-state index in [4.69, 9.17) is 14.2 Å². The molecule has 0 aromatic heterocycles. The van der Waals surface area contributed by atoms with Gasteiger partial charge in [0.05, 0.1) is 32.0 Å². The number of nitrogens with one attached hydrogen (secondary N) is 1. The van der Waals surface area contributed by atoms with E-state index in [1.807, 2.05) is 6.08 Å². The molecule has 0 aromatic rings. The van der Waals surface area contributed by atoms with Crippen molar-refractivity contribution in [1.82, 2.24) is 5.32 Å². The van der Waals surface area contributed by atoms with Gasteiger partial charge in [0.2, 0.25) is 5.91 Å². The summed E-state index contributed by atoms with van der Waals surface area (Å²) in [6.07, 6.45) is 54.0. The molecule has 1 saturated heterocycles. The van der Waals surface area contributed by atoms with E-state index in [0.717, 1.165) is 70.6 Å². The monoisotopic (exact) mass is 1030 g/mol. The number of allylic oxidation sites excluding steroid dienone is 5. The fraction of sp³-hybridized carbons (Fsp3) is 0.871. The molecule has 1 rings (SSSR count). The Balaban J connectivity index is 1.98. The normalized spacial score (nSPS) is 19.1. The molecule has 11 heteroatoms. The van der Waals surface area contributed by atoms with Crippen molar-refractivity contribution >= 4 is 11.9 Å². The molecular formula is C62H115NO10. The summed E-state index contributed by atoms with van der Waals surface area (Å²) < 4.78 is 16.7. The van der Waals surface area contributed by atoms with Crippen LogP contribution in [0.5, 0.6) is 0 Å². The van der Waals surface area contributed by atoms with Crippen LogP contribution in [0.1, 0.15) is 284 Å². The van der Waals surface area contributed by atoms with Gasteiger partial charge < -0.3 is 45.1 Å². The van der Waals surface area contributed by atoms with Gasteiger partial charge in [-0.15, -0.1) is 0 Å². The molecular weight excluding hydrogens is 919 g/mol. The molecule has 0 spiro atoms. The molecule has 7 atom stereocenters. The van der Waals surface area contributed by atoms with Gasteiger partial charge in [-0.3, -0.25) is 9.59 Å². The Morgan fingerprint density at radius 1 is 0.507 bits per heavy atom. The predicted octanol–water partition coefficient (Wildman–Crippen LogP) is 14.3. The van der Waals surface area contributed by atoms with Crippen molar-refractivity contribution in [1.29, 1.82) is 0 Å². The van der Waals surface area contributed by atoms with Crippen molar-refractivity contribution < 1.29 is 49.3 Å². The van der Waals surface area contributed by atoms with Crippen molar-refractivity contribution in [2.75, 3.05) is 19.8 Å². The Labute approximate surface area is 447 Å². The zero-order chi connectivity index (χ0) is 53.1. The lowest BCUT2D eigenvalue weighted by Crippen LogP contribution is -2.60. The van der Waals surface area contributed by atoms with E-state index in [2.05, 4.69) is 43.5 Å². The zero-order valence-electron chi connectivity index (χ0n) is 47.1. The van der Waals surface area contributed by atoms with Gasteiger partial charge in [-0.2, -0.15) is 0 Å². The summed E-state index contributed by atoms with van der Waals surface area (Å²) in [5.74, 6) is -0.196. The number of rotatable bonds is 53. The third kappa shape index (κ3) is 41.7. The minimum Gasteiger partial charge on any atom is -0.466 e. The average Bonchev–Trinajstić information content (AvgIpc) is 3.39. The van der Waals surface area contributed by atoms with E-state index < -0.39 is 49.5 Å². The lowest BCUT2D eigenvalue weighted by molar-refractivity contribution is -0.302. The van der Waals surface area contributed by atoms with Gasteiger partial charge in [-0.25, -0.2) is 0 Å². The number of hydrogen-bond acceptors (Lipinski definition) is 10. The number of unbranched alkanes of at least 4 members (excludes halogenated alkanes) is 35. The summed E-state index contributed by atoms with van der Waals surface area (Å²) in [6.45, 7) is 4.25. The van der Waals surface area contributed by atoms with Crippen LogP contribution in [0, 0.1) is 0 Å².